The van der Waals surface area contributed by atoms with Crippen LogP contribution in [0.3, 0.4) is 0 Å². The number of piperidine rings is 1. The maximum atomic E-state index is 10.6. The van der Waals surface area contributed by atoms with E-state index in [0.29, 0.717) is 45.3 Å². The van der Waals surface area contributed by atoms with Gasteiger partial charge in [-0.15, -0.1) is 0 Å². The topological polar surface area (TPSA) is 141 Å². The quantitative estimate of drug-likeness (QED) is 0.424. The van der Waals surface area contributed by atoms with E-state index in [1.54, 1.807) is 12.3 Å². The number of aliphatic carboxylic acids is 1. The standard InChI is InChI=1S/C17H18Cl2N6O.C2HF3O2/c18-11-3-1-2-10(13(11)19)14-15-16(24-23-14)22-12(8-21-15)25-6-4-17(20,9-26)5-7-25;3-2(4,5)1(6)7/h1-3,8,26H,4-7,9,20H2,(H,22,23,24);(H,6,7). The normalized spacial score (nSPS) is 15.8. The summed E-state index contributed by atoms with van der Waals surface area (Å²) in [5, 5.41) is 24.7. The van der Waals surface area contributed by atoms with E-state index in [9.17, 15) is 18.3 Å². The zero-order chi connectivity index (χ0) is 24.4. The number of rotatable bonds is 3. The lowest BCUT2D eigenvalue weighted by Gasteiger charge is -2.38. The van der Waals surface area contributed by atoms with Crippen LogP contribution in [0.5, 0.6) is 0 Å². The van der Waals surface area contributed by atoms with Crippen molar-refractivity contribution in [2.24, 2.45) is 5.73 Å². The van der Waals surface area contributed by atoms with Crippen LogP contribution in [-0.2, 0) is 4.79 Å². The molecule has 1 saturated heterocycles. The van der Waals surface area contributed by atoms with E-state index in [1.807, 2.05) is 12.1 Å². The van der Waals surface area contributed by atoms with Gasteiger partial charge in [0.25, 0.3) is 0 Å². The van der Waals surface area contributed by atoms with Crippen LogP contribution in [-0.4, -0.2) is 67.8 Å². The highest BCUT2D eigenvalue weighted by molar-refractivity contribution is 6.43. The fourth-order valence-electron chi connectivity index (χ4n) is 3.16. The van der Waals surface area contributed by atoms with E-state index in [1.165, 1.54) is 0 Å². The Morgan fingerprint density at radius 2 is 1.91 bits per heavy atom. The molecule has 9 nitrogen and oxygen atoms in total. The molecule has 0 bridgehead atoms. The Balaban J connectivity index is 0.000000383. The number of nitrogens with one attached hydrogen (secondary N) is 1. The highest BCUT2D eigenvalue weighted by Gasteiger charge is 2.38. The van der Waals surface area contributed by atoms with Crippen LogP contribution in [0.1, 0.15) is 12.8 Å². The molecule has 0 spiro atoms. The number of fused-ring (bicyclic) bond motifs is 1. The van der Waals surface area contributed by atoms with E-state index in [0.717, 1.165) is 18.9 Å². The number of H-pyrrole nitrogens is 1. The fraction of sp³-hybridized carbons (Fsp3) is 0.368. The van der Waals surface area contributed by atoms with Crippen molar-refractivity contribution in [1.82, 2.24) is 20.2 Å². The van der Waals surface area contributed by atoms with Gasteiger partial charge in [-0.3, -0.25) is 5.10 Å². The van der Waals surface area contributed by atoms with Crippen molar-refractivity contribution >= 4 is 46.2 Å². The number of carbonyl (C=O) groups is 1. The van der Waals surface area contributed by atoms with Gasteiger partial charge < -0.3 is 20.8 Å². The Morgan fingerprint density at radius 3 is 2.48 bits per heavy atom. The molecular weight excluding hydrogens is 488 g/mol. The molecule has 33 heavy (non-hydrogen) atoms. The molecule has 1 aromatic carbocycles. The summed E-state index contributed by atoms with van der Waals surface area (Å²) in [6.45, 7) is 1.44. The maximum absolute atomic E-state index is 10.6. The Morgan fingerprint density at radius 1 is 1.27 bits per heavy atom. The zero-order valence-corrected chi connectivity index (χ0v) is 18.4. The molecular formula is C19H19Cl2F3N6O3. The largest absolute Gasteiger partial charge is 0.490 e. The van der Waals surface area contributed by atoms with Crippen LogP contribution in [0.2, 0.25) is 10.0 Å². The van der Waals surface area contributed by atoms with Gasteiger partial charge in [-0.25, -0.2) is 14.8 Å². The first-order chi connectivity index (χ1) is 15.4. The lowest BCUT2D eigenvalue weighted by Crippen LogP contribution is -2.53. The van der Waals surface area contributed by atoms with Crippen molar-refractivity contribution in [2.45, 2.75) is 24.6 Å². The van der Waals surface area contributed by atoms with E-state index >= 15 is 0 Å². The summed E-state index contributed by atoms with van der Waals surface area (Å²) >= 11 is 12.4. The van der Waals surface area contributed by atoms with E-state index in [2.05, 4.69) is 25.1 Å². The number of halogens is 5. The predicted octanol–water partition coefficient (Wildman–Crippen LogP) is 3.25. The van der Waals surface area contributed by atoms with Gasteiger partial charge in [-0.05, 0) is 18.9 Å². The molecule has 14 heteroatoms. The highest BCUT2D eigenvalue weighted by Crippen LogP contribution is 2.35. The number of nitrogens with two attached hydrogens (primary N) is 1. The molecule has 3 heterocycles. The SMILES string of the molecule is NC1(CO)CCN(c2cnc3c(-c4cccc(Cl)c4Cl)n[nH]c3n2)CC1.O=C(O)C(F)(F)F. The molecule has 2 aromatic heterocycles. The van der Waals surface area contributed by atoms with Crippen molar-refractivity contribution < 1.29 is 28.2 Å². The van der Waals surface area contributed by atoms with Crippen molar-refractivity contribution in [3.8, 4) is 11.3 Å². The second-order valence-corrected chi connectivity index (χ2v) is 8.19. The van der Waals surface area contributed by atoms with Crippen LogP contribution < -0.4 is 10.6 Å². The molecule has 1 aliphatic rings. The molecule has 1 aliphatic heterocycles. The second kappa shape index (κ2) is 9.67. The van der Waals surface area contributed by atoms with Gasteiger partial charge in [0.15, 0.2) is 5.65 Å². The third-order valence-electron chi connectivity index (χ3n) is 5.11. The molecule has 0 aliphatic carbocycles. The van der Waals surface area contributed by atoms with Gasteiger partial charge in [0, 0.05) is 24.2 Å². The Kier molecular flexibility index (Phi) is 7.32. The van der Waals surface area contributed by atoms with Crippen LogP contribution in [0.15, 0.2) is 24.4 Å². The first-order valence-electron chi connectivity index (χ1n) is 9.55. The lowest BCUT2D eigenvalue weighted by molar-refractivity contribution is -0.192. The van der Waals surface area contributed by atoms with Crippen LogP contribution in [0, 0.1) is 0 Å². The number of hydrogen-bond donors (Lipinski definition) is 4. The molecule has 5 N–H and O–H groups in total. The van der Waals surface area contributed by atoms with Crippen molar-refractivity contribution in [3.63, 3.8) is 0 Å². The van der Waals surface area contributed by atoms with Gasteiger partial charge in [0.1, 0.15) is 17.0 Å². The molecule has 1 fully saturated rings. The third kappa shape index (κ3) is 5.64. The van der Waals surface area contributed by atoms with E-state index < -0.39 is 17.7 Å². The molecule has 0 amide bonds. The number of aliphatic hydroxyl groups is 1. The summed E-state index contributed by atoms with van der Waals surface area (Å²) in [5.41, 5.74) is 8.18. The molecule has 178 valence electrons. The smallest absolute Gasteiger partial charge is 0.475 e. The minimum atomic E-state index is -5.08. The summed E-state index contributed by atoms with van der Waals surface area (Å²) in [5.74, 6) is -2.00. The molecule has 3 aromatic rings. The second-order valence-electron chi connectivity index (χ2n) is 7.41. The molecule has 0 radical (unpaired) electrons. The first kappa shape index (κ1) is 25.0. The van der Waals surface area contributed by atoms with Gasteiger partial charge in [0.2, 0.25) is 0 Å². The van der Waals surface area contributed by atoms with Crippen molar-refractivity contribution in [3.05, 3.63) is 34.4 Å². The summed E-state index contributed by atoms with van der Waals surface area (Å²) < 4.78 is 31.7. The number of aromatic nitrogens is 4. The minimum Gasteiger partial charge on any atom is -0.475 e. The monoisotopic (exact) mass is 506 g/mol. The number of aliphatic hydroxyl groups excluding tert-OH is 1. The number of benzene rings is 1. The molecule has 0 unspecified atom stereocenters. The summed E-state index contributed by atoms with van der Waals surface area (Å²) in [4.78, 5) is 20.2. The maximum Gasteiger partial charge on any atom is 0.490 e. The van der Waals surface area contributed by atoms with Crippen molar-refractivity contribution in [1.29, 1.82) is 0 Å². The number of nitrogens with zero attached hydrogens (tertiary/aromatic N) is 4. The number of carboxylic acids is 1. The number of aromatic amines is 1. The van der Waals surface area contributed by atoms with Crippen LogP contribution in [0.25, 0.3) is 22.4 Å². The van der Waals surface area contributed by atoms with Crippen molar-refractivity contribution in [2.75, 3.05) is 24.6 Å². The van der Waals surface area contributed by atoms with Crippen LogP contribution in [0.4, 0.5) is 19.0 Å². The number of carboxylic acid groups (broad SMARTS) is 1. The molecule has 0 atom stereocenters. The Bertz CT molecular complexity index is 1150. The molecule has 4 rings (SSSR count). The fourth-order valence-corrected chi connectivity index (χ4v) is 3.55. The minimum absolute atomic E-state index is 0.00411. The zero-order valence-electron chi connectivity index (χ0n) is 16.9. The van der Waals surface area contributed by atoms with E-state index in [-0.39, 0.29) is 6.61 Å². The number of anilines is 1. The van der Waals surface area contributed by atoms with Gasteiger partial charge >= 0.3 is 12.1 Å². The summed E-state index contributed by atoms with van der Waals surface area (Å²) in [6.07, 6.45) is -1.95. The van der Waals surface area contributed by atoms with E-state index in [4.69, 9.17) is 38.8 Å². The van der Waals surface area contributed by atoms with Crippen LogP contribution >= 0.6 is 23.2 Å². The van der Waals surface area contributed by atoms with Gasteiger partial charge in [0.05, 0.1) is 22.8 Å². The Labute approximate surface area is 195 Å². The lowest BCUT2D eigenvalue weighted by atomic mass is 9.90. The Hall–Kier alpha value is -2.67. The molecule has 0 saturated carbocycles. The average Bonchev–Trinajstić information content (AvgIpc) is 3.19. The third-order valence-corrected chi connectivity index (χ3v) is 5.92. The average molecular weight is 507 g/mol. The number of alkyl halides is 3. The summed E-state index contributed by atoms with van der Waals surface area (Å²) in [6, 6.07) is 5.39. The van der Waals surface area contributed by atoms with Gasteiger partial charge in [-0.1, -0.05) is 35.3 Å². The summed E-state index contributed by atoms with van der Waals surface area (Å²) in [7, 11) is 0. The highest BCUT2D eigenvalue weighted by atomic mass is 35.5. The first-order valence-corrected chi connectivity index (χ1v) is 10.3. The predicted molar refractivity (Wildman–Crippen MR) is 116 cm³/mol. The van der Waals surface area contributed by atoms with Gasteiger partial charge in [-0.2, -0.15) is 18.3 Å². The number of hydrogen-bond acceptors (Lipinski definition) is 7.